The normalized spacial score (nSPS) is 11.5. The fourth-order valence-corrected chi connectivity index (χ4v) is 5.84. The number of nitrogens with zero attached hydrogens (tertiary/aromatic N) is 2. The lowest BCUT2D eigenvalue weighted by molar-refractivity contribution is -0.390. The van der Waals surface area contributed by atoms with E-state index in [4.69, 9.17) is 27.4 Å². The quantitative estimate of drug-likeness (QED) is 0.395. The highest BCUT2D eigenvalue weighted by Crippen LogP contribution is 2.44. The number of rotatable bonds is 4. The minimum absolute atomic E-state index is 0.0342. The number of aromatic nitrogens is 1. The molecule has 0 fully saturated rings. The Bertz CT molecular complexity index is 868. The van der Waals surface area contributed by atoms with E-state index in [1.165, 1.54) is 13.0 Å². The third-order valence-electron chi connectivity index (χ3n) is 2.33. The molecule has 0 amide bonds. The van der Waals surface area contributed by atoms with Crippen molar-refractivity contribution in [1.82, 2.24) is 4.98 Å². The molecule has 12 heteroatoms. The number of hydrogen-bond donors (Lipinski definition) is 0. The summed E-state index contributed by atoms with van der Waals surface area (Å²) in [5, 5.41) is 10.9. The molecule has 0 aliphatic heterocycles. The van der Waals surface area contributed by atoms with E-state index in [1.54, 1.807) is 0 Å². The van der Waals surface area contributed by atoms with Gasteiger partial charge in [0.1, 0.15) is 14.4 Å². The van der Waals surface area contributed by atoms with Crippen LogP contribution in [0.5, 0.6) is 5.75 Å². The Morgan fingerprint density at radius 3 is 2.50 bits per heavy atom. The molecule has 22 heavy (non-hydrogen) atoms. The fraction of sp³-hybridized carbons (Fsp3) is 0.100. The first-order valence-electron chi connectivity index (χ1n) is 5.33. The number of hydrogen-bond acceptors (Lipinski definition) is 7. The predicted octanol–water partition coefficient (Wildman–Crippen LogP) is 4.20. The highest BCUT2D eigenvalue weighted by Gasteiger charge is 2.31. The van der Waals surface area contributed by atoms with Crippen molar-refractivity contribution in [2.75, 3.05) is 0 Å². The average molecular weight is 448 g/mol. The van der Waals surface area contributed by atoms with E-state index in [0.29, 0.717) is 5.69 Å². The van der Waals surface area contributed by atoms with Gasteiger partial charge in [-0.05, 0) is 38.0 Å². The standard InChI is InChI=1S/C10H5BrCl2N2O5S2/c1-4-2-3-5(10(14-4)15(16)17)20-22(18,19)7-6(11)8(12)21-9(7)13/h2-3H,1H3. The second kappa shape index (κ2) is 6.28. The lowest BCUT2D eigenvalue weighted by Crippen LogP contribution is -2.12. The molecule has 0 aliphatic rings. The monoisotopic (exact) mass is 446 g/mol. The number of aryl methyl sites for hydroxylation is 1. The Kier molecular flexibility index (Phi) is 4.97. The molecule has 118 valence electrons. The topological polar surface area (TPSA) is 99.4 Å². The summed E-state index contributed by atoms with van der Waals surface area (Å²) in [7, 11) is -4.42. The molecule has 0 unspecified atom stereocenters. The van der Waals surface area contributed by atoms with Gasteiger partial charge in [0.15, 0.2) is 4.90 Å². The first kappa shape index (κ1) is 17.4. The van der Waals surface area contributed by atoms with E-state index in [9.17, 15) is 18.5 Å². The molecule has 2 heterocycles. The van der Waals surface area contributed by atoms with Crippen LogP contribution in [0.4, 0.5) is 5.82 Å². The van der Waals surface area contributed by atoms with Gasteiger partial charge in [-0.15, -0.1) is 11.3 Å². The molecule has 0 saturated heterocycles. The number of pyridine rings is 1. The molecular weight excluding hydrogens is 443 g/mol. The minimum atomic E-state index is -4.42. The van der Waals surface area contributed by atoms with E-state index >= 15 is 0 Å². The number of nitro groups is 1. The zero-order valence-electron chi connectivity index (χ0n) is 10.5. The maximum Gasteiger partial charge on any atom is 0.408 e. The van der Waals surface area contributed by atoms with Crippen molar-refractivity contribution in [2.45, 2.75) is 11.8 Å². The van der Waals surface area contributed by atoms with E-state index in [-0.39, 0.29) is 18.0 Å². The molecule has 0 N–H and O–H groups in total. The van der Waals surface area contributed by atoms with Crippen LogP contribution in [0, 0.1) is 17.0 Å². The molecule has 2 rings (SSSR count). The zero-order chi connectivity index (χ0) is 16.7. The lowest BCUT2D eigenvalue weighted by Gasteiger charge is -2.07. The highest BCUT2D eigenvalue weighted by atomic mass is 79.9. The first-order valence-corrected chi connectivity index (χ1v) is 9.10. The van der Waals surface area contributed by atoms with Crippen molar-refractivity contribution >= 4 is 66.4 Å². The van der Waals surface area contributed by atoms with Gasteiger partial charge >= 0.3 is 15.9 Å². The predicted molar refractivity (Wildman–Crippen MR) is 85.5 cm³/mol. The van der Waals surface area contributed by atoms with Crippen LogP contribution in [-0.4, -0.2) is 18.3 Å². The van der Waals surface area contributed by atoms with Gasteiger partial charge in [-0.3, -0.25) is 0 Å². The van der Waals surface area contributed by atoms with Crippen molar-refractivity contribution in [3.8, 4) is 5.75 Å². The van der Waals surface area contributed by atoms with Gasteiger partial charge in [0, 0.05) is 6.92 Å². The maximum atomic E-state index is 12.3. The Balaban J connectivity index is 2.52. The second-order valence-electron chi connectivity index (χ2n) is 3.86. The van der Waals surface area contributed by atoms with Gasteiger partial charge in [-0.25, -0.2) is 0 Å². The molecule has 0 aliphatic carbocycles. The van der Waals surface area contributed by atoms with Crippen LogP contribution in [-0.2, 0) is 10.1 Å². The molecular formula is C10H5BrCl2N2O5S2. The van der Waals surface area contributed by atoms with Crippen molar-refractivity contribution in [1.29, 1.82) is 0 Å². The van der Waals surface area contributed by atoms with Crippen LogP contribution < -0.4 is 4.18 Å². The summed E-state index contributed by atoms with van der Waals surface area (Å²) in [6, 6.07) is 2.53. The molecule has 0 saturated carbocycles. The van der Waals surface area contributed by atoms with Crippen LogP contribution in [0.15, 0.2) is 21.5 Å². The Morgan fingerprint density at radius 2 is 2.00 bits per heavy atom. The summed E-state index contributed by atoms with van der Waals surface area (Å²) in [6.07, 6.45) is 0. The minimum Gasteiger partial charge on any atom is -0.370 e. The highest BCUT2D eigenvalue weighted by molar-refractivity contribution is 9.10. The molecule has 0 bridgehead atoms. The van der Waals surface area contributed by atoms with Crippen molar-refractivity contribution in [3.05, 3.63) is 41.1 Å². The van der Waals surface area contributed by atoms with Gasteiger partial charge in [0.2, 0.25) is 5.75 Å². The average Bonchev–Trinajstić information content (AvgIpc) is 2.65. The molecule has 7 nitrogen and oxygen atoms in total. The summed E-state index contributed by atoms with van der Waals surface area (Å²) in [5.74, 6) is -1.22. The van der Waals surface area contributed by atoms with E-state index < -0.39 is 26.6 Å². The third-order valence-corrected chi connectivity index (χ3v) is 7.03. The summed E-state index contributed by atoms with van der Waals surface area (Å²) in [4.78, 5) is 13.4. The van der Waals surface area contributed by atoms with Gasteiger partial charge in [0.25, 0.3) is 0 Å². The van der Waals surface area contributed by atoms with Gasteiger partial charge in [0.05, 0.1) is 4.47 Å². The maximum absolute atomic E-state index is 12.3. The van der Waals surface area contributed by atoms with Crippen molar-refractivity contribution in [2.24, 2.45) is 0 Å². The number of thiophene rings is 1. The van der Waals surface area contributed by atoms with E-state index in [1.807, 2.05) is 0 Å². The van der Waals surface area contributed by atoms with Crippen LogP contribution in [0.3, 0.4) is 0 Å². The first-order chi connectivity index (χ1) is 10.1. The molecule has 2 aromatic heterocycles. The Morgan fingerprint density at radius 1 is 1.36 bits per heavy atom. The SMILES string of the molecule is Cc1ccc(OS(=O)(=O)c2c(Cl)sc(Cl)c2Br)c([N+](=O)[O-])n1. The van der Waals surface area contributed by atoms with Crippen LogP contribution in [0.25, 0.3) is 0 Å². The van der Waals surface area contributed by atoms with Crippen molar-refractivity contribution < 1.29 is 17.5 Å². The lowest BCUT2D eigenvalue weighted by atomic mass is 10.3. The largest absolute Gasteiger partial charge is 0.408 e. The summed E-state index contributed by atoms with van der Waals surface area (Å²) in [5.41, 5.74) is 0.342. The Labute approximate surface area is 147 Å². The molecule has 0 spiro atoms. The fourth-order valence-electron chi connectivity index (χ4n) is 1.44. The molecule has 0 atom stereocenters. The summed E-state index contributed by atoms with van der Waals surface area (Å²) in [6.45, 7) is 1.53. The number of halogens is 3. The van der Waals surface area contributed by atoms with E-state index in [2.05, 4.69) is 20.9 Å². The van der Waals surface area contributed by atoms with Gasteiger partial charge < -0.3 is 14.3 Å². The van der Waals surface area contributed by atoms with Crippen molar-refractivity contribution in [3.63, 3.8) is 0 Å². The second-order valence-corrected chi connectivity index (χ2v) is 8.36. The molecule has 0 radical (unpaired) electrons. The Hall–Kier alpha value is -0.940. The third kappa shape index (κ3) is 3.35. The zero-order valence-corrected chi connectivity index (χ0v) is 15.3. The molecule has 0 aromatic carbocycles. The van der Waals surface area contributed by atoms with E-state index in [0.717, 1.165) is 17.4 Å². The van der Waals surface area contributed by atoms with Crippen LogP contribution in [0.1, 0.15) is 5.69 Å². The summed E-state index contributed by atoms with van der Waals surface area (Å²) >= 11 is 15.4. The van der Waals surface area contributed by atoms with Crippen LogP contribution in [0.2, 0.25) is 8.67 Å². The summed E-state index contributed by atoms with van der Waals surface area (Å²) < 4.78 is 29.4. The van der Waals surface area contributed by atoms with Gasteiger partial charge in [-0.1, -0.05) is 23.2 Å². The van der Waals surface area contributed by atoms with Gasteiger partial charge in [-0.2, -0.15) is 8.42 Å². The molecule has 2 aromatic rings. The smallest absolute Gasteiger partial charge is 0.370 e. The van der Waals surface area contributed by atoms with Crippen LogP contribution >= 0.6 is 50.5 Å².